The van der Waals surface area contributed by atoms with Crippen molar-refractivity contribution in [3.05, 3.63) is 34.9 Å². The van der Waals surface area contributed by atoms with Crippen LogP contribution in [-0.4, -0.2) is 30.4 Å². The highest BCUT2D eigenvalue weighted by molar-refractivity contribution is 5.79. The number of hydrogen-bond donors (Lipinski definition) is 1. The summed E-state index contributed by atoms with van der Waals surface area (Å²) < 4.78 is 0. The zero-order valence-corrected chi connectivity index (χ0v) is 11.5. The smallest absolute Gasteiger partial charge is 0.226 e. The zero-order valence-electron chi connectivity index (χ0n) is 11.5. The van der Waals surface area contributed by atoms with Crippen molar-refractivity contribution in [1.82, 2.24) is 10.2 Å². The second kappa shape index (κ2) is 5.74. The Morgan fingerprint density at radius 1 is 1.16 bits per heavy atom. The Hall–Kier alpha value is -1.35. The minimum atomic E-state index is 0.300. The number of carbonyl (C=O) groups excluding carboxylic acids is 1. The summed E-state index contributed by atoms with van der Waals surface area (Å²) in [5.74, 6) is 0.300. The Kier molecular flexibility index (Phi) is 3.83. The lowest BCUT2D eigenvalue weighted by molar-refractivity contribution is -0.131. The van der Waals surface area contributed by atoms with Gasteiger partial charge in [0.25, 0.3) is 0 Å². The maximum atomic E-state index is 12.2. The van der Waals surface area contributed by atoms with Crippen LogP contribution in [-0.2, 0) is 24.2 Å². The van der Waals surface area contributed by atoms with Crippen LogP contribution < -0.4 is 5.32 Å². The first kappa shape index (κ1) is 12.7. The van der Waals surface area contributed by atoms with Crippen molar-refractivity contribution >= 4 is 5.91 Å². The predicted octanol–water partition coefficient (Wildman–Crippen LogP) is 1.89. The van der Waals surface area contributed by atoms with Gasteiger partial charge in [-0.25, -0.2) is 0 Å². The van der Waals surface area contributed by atoms with Gasteiger partial charge in [0.15, 0.2) is 0 Å². The van der Waals surface area contributed by atoms with Crippen LogP contribution in [0.25, 0.3) is 0 Å². The second-order valence-corrected chi connectivity index (χ2v) is 5.65. The Labute approximate surface area is 115 Å². The second-order valence-electron chi connectivity index (χ2n) is 5.65. The van der Waals surface area contributed by atoms with Crippen LogP contribution >= 0.6 is 0 Å². The number of rotatable bonds is 2. The van der Waals surface area contributed by atoms with Gasteiger partial charge in [-0.05, 0) is 48.9 Å². The molecule has 0 aliphatic carbocycles. The number of nitrogens with zero attached hydrogens (tertiary/aromatic N) is 1. The lowest BCUT2D eigenvalue weighted by Crippen LogP contribution is -2.36. The molecule has 102 valence electrons. The molecule has 2 heterocycles. The van der Waals surface area contributed by atoms with E-state index in [1.165, 1.54) is 36.0 Å². The maximum absolute atomic E-state index is 12.2. The Morgan fingerprint density at radius 2 is 2.00 bits per heavy atom. The summed E-state index contributed by atoms with van der Waals surface area (Å²) >= 11 is 0. The summed E-state index contributed by atoms with van der Waals surface area (Å²) in [5, 5.41) is 3.38. The predicted molar refractivity (Wildman–Crippen MR) is 76.0 cm³/mol. The molecular formula is C16H22N2O. The van der Waals surface area contributed by atoms with E-state index in [1.807, 2.05) is 4.90 Å². The first-order valence-electron chi connectivity index (χ1n) is 7.42. The molecule has 0 aromatic heterocycles. The third-order valence-electron chi connectivity index (χ3n) is 4.22. The molecular weight excluding hydrogens is 236 g/mol. The van der Waals surface area contributed by atoms with E-state index in [4.69, 9.17) is 0 Å². The van der Waals surface area contributed by atoms with E-state index < -0.39 is 0 Å². The molecule has 2 aliphatic rings. The number of carbonyl (C=O) groups is 1. The number of likely N-dealkylation sites (tertiary alicyclic amines) is 1. The van der Waals surface area contributed by atoms with E-state index in [0.717, 1.165) is 32.6 Å². The highest BCUT2D eigenvalue weighted by Gasteiger charge is 2.17. The van der Waals surface area contributed by atoms with E-state index in [1.54, 1.807) is 0 Å². The maximum Gasteiger partial charge on any atom is 0.226 e. The molecule has 3 rings (SSSR count). The SMILES string of the molecule is O=C(Cc1ccc2c(c1)CCNC2)N1CCCCC1. The van der Waals surface area contributed by atoms with Gasteiger partial charge in [0.05, 0.1) is 6.42 Å². The lowest BCUT2D eigenvalue weighted by Gasteiger charge is -2.27. The van der Waals surface area contributed by atoms with Gasteiger partial charge in [0.1, 0.15) is 0 Å². The largest absolute Gasteiger partial charge is 0.342 e. The average molecular weight is 258 g/mol. The van der Waals surface area contributed by atoms with Gasteiger partial charge >= 0.3 is 0 Å². The molecule has 0 radical (unpaired) electrons. The van der Waals surface area contributed by atoms with Crippen molar-refractivity contribution < 1.29 is 4.79 Å². The van der Waals surface area contributed by atoms with Gasteiger partial charge in [-0.1, -0.05) is 18.2 Å². The Morgan fingerprint density at radius 3 is 2.84 bits per heavy atom. The molecule has 1 amide bonds. The molecule has 3 heteroatoms. The highest BCUT2D eigenvalue weighted by Crippen LogP contribution is 2.17. The van der Waals surface area contributed by atoms with Crippen molar-refractivity contribution in [2.24, 2.45) is 0 Å². The van der Waals surface area contributed by atoms with Gasteiger partial charge in [-0.3, -0.25) is 4.79 Å². The molecule has 1 aromatic carbocycles. The van der Waals surface area contributed by atoms with E-state index in [0.29, 0.717) is 12.3 Å². The topological polar surface area (TPSA) is 32.3 Å². The van der Waals surface area contributed by atoms with Crippen LogP contribution in [0.4, 0.5) is 0 Å². The highest BCUT2D eigenvalue weighted by atomic mass is 16.2. The first-order valence-corrected chi connectivity index (χ1v) is 7.42. The number of nitrogens with one attached hydrogen (secondary N) is 1. The summed E-state index contributed by atoms with van der Waals surface area (Å²) in [4.78, 5) is 14.3. The lowest BCUT2D eigenvalue weighted by atomic mass is 9.97. The van der Waals surface area contributed by atoms with E-state index in [9.17, 15) is 4.79 Å². The van der Waals surface area contributed by atoms with E-state index in [2.05, 4.69) is 23.5 Å². The summed E-state index contributed by atoms with van der Waals surface area (Å²) in [6.07, 6.45) is 5.26. The summed E-state index contributed by atoms with van der Waals surface area (Å²) in [6, 6.07) is 6.53. The molecule has 1 N–H and O–H groups in total. The number of piperidine rings is 1. The van der Waals surface area contributed by atoms with Crippen molar-refractivity contribution in [1.29, 1.82) is 0 Å². The molecule has 0 saturated carbocycles. The van der Waals surface area contributed by atoms with Crippen LogP contribution in [0.2, 0.25) is 0 Å². The minimum absolute atomic E-state index is 0.300. The molecule has 0 atom stereocenters. The molecule has 0 unspecified atom stereocenters. The van der Waals surface area contributed by atoms with Gasteiger partial charge in [0, 0.05) is 19.6 Å². The van der Waals surface area contributed by atoms with Crippen LogP contribution in [0.15, 0.2) is 18.2 Å². The first-order chi connectivity index (χ1) is 9.33. The number of fused-ring (bicyclic) bond motifs is 1. The molecule has 1 fully saturated rings. The Balaban J connectivity index is 1.67. The molecule has 0 bridgehead atoms. The zero-order chi connectivity index (χ0) is 13.1. The van der Waals surface area contributed by atoms with Crippen LogP contribution in [0.5, 0.6) is 0 Å². The third kappa shape index (κ3) is 2.98. The molecule has 19 heavy (non-hydrogen) atoms. The molecule has 1 aromatic rings. The summed E-state index contributed by atoms with van der Waals surface area (Å²) in [7, 11) is 0. The number of hydrogen-bond acceptors (Lipinski definition) is 2. The fraction of sp³-hybridized carbons (Fsp3) is 0.562. The van der Waals surface area contributed by atoms with Gasteiger partial charge < -0.3 is 10.2 Å². The Bertz CT molecular complexity index is 464. The van der Waals surface area contributed by atoms with Crippen molar-refractivity contribution in [3.63, 3.8) is 0 Å². The monoisotopic (exact) mass is 258 g/mol. The van der Waals surface area contributed by atoms with Crippen molar-refractivity contribution in [2.75, 3.05) is 19.6 Å². The fourth-order valence-electron chi connectivity index (χ4n) is 3.07. The molecule has 1 saturated heterocycles. The molecule has 3 nitrogen and oxygen atoms in total. The fourth-order valence-corrected chi connectivity index (χ4v) is 3.07. The third-order valence-corrected chi connectivity index (χ3v) is 4.22. The minimum Gasteiger partial charge on any atom is -0.342 e. The van der Waals surface area contributed by atoms with Gasteiger partial charge in [-0.2, -0.15) is 0 Å². The number of benzene rings is 1. The van der Waals surface area contributed by atoms with Gasteiger partial charge in [0.2, 0.25) is 5.91 Å². The van der Waals surface area contributed by atoms with Crippen LogP contribution in [0.1, 0.15) is 36.0 Å². The summed E-state index contributed by atoms with van der Waals surface area (Å²) in [5.41, 5.74) is 3.99. The van der Waals surface area contributed by atoms with Crippen molar-refractivity contribution in [3.8, 4) is 0 Å². The van der Waals surface area contributed by atoms with Crippen LogP contribution in [0.3, 0.4) is 0 Å². The standard InChI is InChI=1S/C16H22N2O/c19-16(18-8-2-1-3-9-18)11-13-4-5-15-12-17-7-6-14(15)10-13/h4-5,10,17H,1-3,6-9,11-12H2. The summed E-state index contributed by atoms with van der Waals surface area (Å²) in [6.45, 7) is 3.92. The number of amides is 1. The average Bonchev–Trinajstić information content (AvgIpc) is 2.48. The van der Waals surface area contributed by atoms with E-state index >= 15 is 0 Å². The van der Waals surface area contributed by atoms with Crippen LogP contribution in [0, 0.1) is 0 Å². The van der Waals surface area contributed by atoms with Crippen molar-refractivity contribution in [2.45, 2.75) is 38.6 Å². The molecule has 0 spiro atoms. The normalized spacial score (nSPS) is 19.1. The van der Waals surface area contributed by atoms with E-state index in [-0.39, 0.29) is 0 Å². The molecule has 2 aliphatic heterocycles. The quantitative estimate of drug-likeness (QED) is 0.878. The van der Waals surface area contributed by atoms with Gasteiger partial charge in [-0.15, -0.1) is 0 Å².